The molecule has 1 aromatic rings. The number of furan rings is 1. The molecule has 0 radical (unpaired) electrons. The zero-order valence-corrected chi connectivity index (χ0v) is 12.5. The largest absolute Gasteiger partial charge is 0.480 e. The molecule has 1 aliphatic rings. The number of rotatable bonds is 5. The van der Waals surface area contributed by atoms with Gasteiger partial charge in [-0.05, 0) is 34.5 Å². The standard InChI is InChI=1S/C11H14BrNO5S/c12-10-2-1-9(18-10)5-13(6-11(14)15)8-3-4-19(16,17)7-8/h1-2,8H,3-7H2,(H,14,15). The molecule has 1 saturated heterocycles. The minimum Gasteiger partial charge on any atom is -0.480 e. The summed E-state index contributed by atoms with van der Waals surface area (Å²) in [7, 11) is -3.04. The van der Waals surface area contributed by atoms with Gasteiger partial charge in [0.1, 0.15) is 5.76 Å². The first-order valence-electron chi connectivity index (χ1n) is 5.76. The van der Waals surface area contributed by atoms with Crippen LogP contribution in [0.1, 0.15) is 12.2 Å². The van der Waals surface area contributed by atoms with Crippen molar-refractivity contribution in [2.75, 3.05) is 18.1 Å². The molecule has 0 spiro atoms. The molecule has 19 heavy (non-hydrogen) atoms. The summed E-state index contributed by atoms with van der Waals surface area (Å²) in [6, 6.07) is 3.20. The highest BCUT2D eigenvalue weighted by Crippen LogP contribution is 2.22. The Hall–Kier alpha value is -0.860. The van der Waals surface area contributed by atoms with Gasteiger partial charge in [-0.2, -0.15) is 0 Å². The maximum absolute atomic E-state index is 11.5. The highest BCUT2D eigenvalue weighted by atomic mass is 79.9. The lowest BCUT2D eigenvalue weighted by atomic mass is 10.2. The average molecular weight is 352 g/mol. The normalized spacial score (nSPS) is 21.9. The Morgan fingerprint density at radius 1 is 1.53 bits per heavy atom. The van der Waals surface area contributed by atoms with Gasteiger partial charge in [-0.25, -0.2) is 8.42 Å². The van der Waals surface area contributed by atoms with Gasteiger partial charge in [-0.3, -0.25) is 9.69 Å². The van der Waals surface area contributed by atoms with Gasteiger partial charge in [0.2, 0.25) is 0 Å². The zero-order valence-electron chi connectivity index (χ0n) is 10.1. The highest BCUT2D eigenvalue weighted by Gasteiger charge is 2.33. The van der Waals surface area contributed by atoms with Crippen LogP contribution in [0.2, 0.25) is 0 Å². The summed E-state index contributed by atoms with van der Waals surface area (Å²) < 4.78 is 28.9. The van der Waals surface area contributed by atoms with Crippen molar-refractivity contribution in [2.45, 2.75) is 19.0 Å². The van der Waals surface area contributed by atoms with E-state index in [0.29, 0.717) is 16.9 Å². The smallest absolute Gasteiger partial charge is 0.317 e. The molecule has 106 valence electrons. The molecule has 0 amide bonds. The fourth-order valence-corrected chi connectivity index (χ4v) is 4.29. The molecule has 1 unspecified atom stereocenters. The topological polar surface area (TPSA) is 87.8 Å². The van der Waals surface area contributed by atoms with Gasteiger partial charge in [0, 0.05) is 6.04 Å². The van der Waals surface area contributed by atoms with E-state index in [1.807, 2.05) is 0 Å². The van der Waals surface area contributed by atoms with Gasteiger partial charge in [0.25, 0.3) is 0 Å². The zero-order chi connectivity index (χ0) is 14.0. The molecule has 6 nitrogen and oxygen atoms in total. The van der Waals surface area contributed by atoms with E-state index in [0.717, 1.165) is 0 Å². The molecular weight excluding hydrogens is 338 g/mol. The highest BCUT2D eigenvalue weighted by molar-refractivity contribution is 9.10. The van der Waals surface area contributed by atoms with Gasteiger partial charge in [0.15, 0.2) is 14.5 Å². The second-order valence-electron chi connectivity index (χ2n) is 4.56. The summed E-state index contributed by atoms with van der Waals surface area (Å²) in [5.41, 5.74) is 0. The van der Waals surface area contributed by atoms with E-state index in [1.54, 1.807) is 17.0 Å². The van der Waals surface area contributed by atoms with Crippen LogP contribution < -0.4 is 0 Å². The van der Waals surface area contributed by atoms with Gasteiger partial charge in [0.05, 0.1) is 24.6 Å². The maximum Gasteiger partial charge on any atom is 0.317 e. The molecule has 0 aliphatic carbocycles. The Bertz CT molecular complexity index is 567. The summed E-state index contributed by atoms with van der Waals surface area (Å²) in [6.45, 7) is 0.0938. The SMILES string of the molecule is O=C(O)CN(Cc1ccc(Br)o1)C1CCS(=O)(=O)C1. The number of halogens is 1. The van der Waals surface area contributed by atoms with Crippen LogP contribution in [-0.2, 0) is 21.2 Å². The molecule has 2 heterocycles. The third kappa shape index (κ3) is 4.05. The van der Waals surface area contributed by atoms with Gasteiger partial charge >= 0.3 is 5.97 Å². The third-order valence-corrected chi connectivity index (χ3v) is 5.23. The van der Waals surface area contributed by atoms with Crippen LogP contribution in [0.25, 0.3) is 0 Å². The Morgan fingerprint density at radius 2 is 2.26 bits per heavy atom. The molecule has 1 aromatic heterocycles. The summed E-state index contributed by atoms with van der Waals surface area (Å²) in [5, 5.41) is 8.93. The summed E-state index contributed by atoms with van der Waals surface area (Å²) in [5.74, 6) is -0.232. The number of carboxylic acids is 1. The van der Waals surface area contributed by atoms with E-state index in [-0.39, 0.29) is 30.6 Å². The molecule has 0 bridgehead atoms. The van der Waals surface area contributed by atoms with Gasteiger partial charge in [-0.15, -0.1) is 0 Å². The van der Waals surface area contributed by atoms with Crippen molar-refractivity contribution in [3.63, 3.8) is 0 Å². The van der Waals surface area contributed by atoms with Crippen LogP contribution in [-0.4, -0.2) is 48.5 Å². The number of aliphatic carboxylic acids is 1. The molecular formula is C11H14BrNO5S. The molecule has 1 fully saturated rings. The second kappa shape index (κ2) is 5.64. The van der Waals surface area contributed by atoms with Crippen molar-refractivity contribution in [3.8, 4) is 0 Å². The number of carboxylic acid groups (broad SMARTS) is 1. The summed E-state index contributed by atoms with van der Waals surface area (Å²) in [6.07, 6.45) is 0.470. The third-order valence-electron chi connectivity index (χ3n) is 3.05. The van der Waals surface area contributed by atoms with Crippen molar-refractivity contribution in [2.24, 2.45) is 0 Å². The maximum atomic E-state index is 11.5. The van der Waals surface area contributed by atoms with E-state index in [4.69, 9.17) is 9.52 Å². The first kappa shape index (κ1) is 14.5. The van der Waals surface area contributed by atoms with Crippen LogP contribution in [0.5, 0.6) is 0 Å². The molecule has 2 rings (SSSR count). The van der Waals surface area contributed by atoms with E-state index in [1.165, 1.54) is 0 Å². The Labute approximate surface area is 119 Å². The number of sulfone groups is 1. The molecule has 0 aromatic carbocycles. The fourth-order valence-electron chi connectivity index (χ4n) is 2.19. The minimum atomic E-state index is -3.04. The lowest BCUT2D eigenvalue weighted by molar-refractivity contribution is -0.139. The Morgan fingerprint density at radius 3 is 2.74 bits per heavy atom. The van der Waals surface area contributed by atoms with Crippen LogP contribution >= 0.6 is 15.9 Å². The fraction of sp³-hybridized carbons (Fsp3) is 0.545. The first-order valence-corrected chi connectivity index (χ1v) is 8.37. The number of carbonyl (C=O) groups is 1. The Balaban J connectivity index is 2.10. The van der Waals surface area contributed by atoms with Crippen molar-refractivity contribution in [3.05, 3.63) is 22.6 Å². The second-order valence-corrected chi connectivity index (χ2v) is 7.57. The average Bonchev–Trinajstić information content (AvgIpc) is 2.83. The number of hydrogen-bond donors (Lipinski definition) is 1. The van der Waals surface area contributed by atoms with Crippen molar-refractivity contribution < 1.29 is 22.7 Å². The predicted molar refractivity (Wildman–Crippen MR) is 71.5 cm³/mol. The van der Waals surface area contributed by atoms with Crippen LogP contribution in [0.15, 0.2) is 21.2 Å². The lowest BCUT2D eigenvalue weighted by Gasteiger charge is -2.25. The monoisotopic (exact) mass is 351 g/mol. The van der Waals surface area contributed by atoms with Gasteiger partial charge in [-0.1, -0.05) is 0 Å². The van der Waals surface area contributed by atoms with Crippen molar-refractivity contribution in [1.29, 1.82) is 0 Å². The van der Waals surface area contributed by atoms with E-state index < -0.39 is 15.8 Å². The van der Waals surface area contributed by atoms with Gasteiger partial charge < -0.3 is 9.52 Å². The lowest BCUT2D eigenvalue weighted by Crippen LogP contribution is -2.39. The quantitative estimate of drug-likeness (QED) is 0.854. The summed E-state index contributed by atoms with van der Waals surface area (Å²) in [4.78, 5) is 12.5. The molecule has 1 atom stereocenters. The van der Waals surface area contributed by atoms with Crippen molar-refractivity contribution in [1.82, 2.24) is 4.90 Å². The molecule has 1 aliphatic heterocycles. The Kier molecular flexibility index (Phi) is 4.32. The molecule has 0 saturated carbocycles. The van der Waals surface area contributed by atoms with E-state index >= 15 is 0 Å². The number of nitrogens with zero attached hydrogens (tertiary/aromatic N) is 1. The molecule has 8 heteroatoms. The number of hydrogen-bond acceptors (Lipinski definition) is 5. The van der Waals surface area contributed by atoms with E-state index in [9.17, 15) is 13.2 Å². The minimum absolute atomic E-state index is 0.0160. The summed E-state index contributed by atoms with van der Waals surface area (Å²) >= 11 is 3.18. The molecule has 1 N–H and O–H groups in total. The van der Waals surface area contributed by atoms with Crippen LogP contribution in [0, 0.1) is 0 Å². The van der Waals surface area contributed by atoms with E-state index in [2.05, 4.69) is 15.9 Å². The van der Waals surface area contributed by atoms with Crippen LogP contribution in [0.4, 0.5) is 0 Å². The van der Waals surface area contributed by atoms with Crippen molar-refractivity contribution >= 4 is 31.7 Å². The first-order chi connectivity index (χ1) is 8.85. The predicted octanol–water partition coefficient (Wildman–Crippen LogP) is 1.12. The van der Waals surface area contributed by atoms with Crippen LogP contribution in [0.3, 0.4) is 0 Å².